The number of carbonyl (C=O) groups excluding carboxylic acids is 1. The van der Waals surface area contributed by atoms with Crippen LogP contribution in [0.25, 0.3) is 0 Å². The summed E-state index contributed by atoms with van der Waals surface area (Å²) in [5.41, 5.74) is 0. The first-order valence-corrected chi connectivity index (χ1v) is 6.97. The number of amides is 1. The summed E-state index contributed by atoms with van der Waals surface area (Å²) in [6, 6.07) is 0. The molecule has 2 atom stereocenters. The summed E-state index contributed by atoms with van der Waals surface area (Å²) in [6.07, 6.45) is 2.20. The van der Waals surface area contributed by atoms with Crippen molar-refractivity contribution in [3.8, 4) is 0 Å². The molecule has 0 radical (unpaired) electrons. The van der Waals surface area contributed by atoms with E-state index in [1.807, 2.05) is 4.90 Å². The zero-order valence-electron chi connectivity index (χ0n) is 11.1. The first kappa shape index (κ1) is 14.3. The van der Waals surface area contributed by atoms with Crippen molar-refractivity contribution < 1.29 is 19.4 Å². The number of nitrogens with zero attached hydrogens (tertiary/aromatic N) is 1. The van der Waals surface area contributed by atoms with Crippen molar-refractivity contribution in [3.05, 3.63) is 0 Å². The monoisotopic (exact) mass is 270 g/mol. The minimum absolute atomic E-state index is 0.0145. The molecule has 0 bridgehead atoms. The van der Waals surface area contributed by atoms with Crippen molar-refractivity contribution in [1.29, 1.82) is 0 Å². The molecule has 2 rings (SSSR count). The Labute approximate surface area is 113 Å². The van der Waals surface area contributed by atoms with Crippen LogP contribution >= 0.6 is 0 Å². The molecule has 6 nitrogen and oxygen atoms in total. The van der Waals surface area contributed by atoms with E-state index >= 15 is 0 Å². The highest BCUT2D eigenvalue weighted by Gasteiger charge is 2.28. The van der Waals surface area contributed by atoms with Crippen molar-refractivity contribution in [1.82, 2.24) is 10.2 Å². The molecule has 2 N–H and O–H groups in total. The van der Waals surface area contributed by atoms with Gasteiger partial charge in [-0.05, 0) is 18.8 Å². The molecule has 2 heterocycles. The summed E-state index contributed by atoms with van der Waals surface area (Å²) in [6.45, 7) is 3.71. The number of carboxylic acid groups (broad SMARTS) is 1. The highest BCUT2D eigenvalue weighted by Crippen LogP contribution is 2.22. The van der Waals surface area contributed by atoms with Gasteiger partial charge in [-0.25, -0.2) is 0 Å². The zero-order valence-corrected chi connectivity index (χ0v) is 11.1. The van der Waals surface area contributed by atoms with Gasteiger partial charge in [0.25, 0.3) is 0 Å². The molecule has 6 heteroatoms. The molecular formula is C13H22N2O4. The van der Waals surface area contributed by atoms with Crippen LogP contribution in [-0.4, -0.2) is 60.8 Å². The van der Waals surface area contributed by atoms with Gasteiger partial charge in [0.2, 0.25) is 5.91 Å². The number of ether oxygens (including phenoxy) is 1. The Hall–Kier alpha value is -1.14. The number of hydrogen-bond acceptors (Lipinski definition) is 4. The summed E-state index contributed by atoms with van der Waals surface area (Å²) in [5.74, 6) is -0.288. The van der Waals surface area contributed by atoms with Gasteiger partial charge in [-0.1, -0.05) is 0 Å². The van der Waals surface area contributed by atoms with Gasteiger partial charge in [0, 0.05) is 32.6 Å². The van der Waals surface area contributed by atoms with Gasteiger partial charge in [-0.2, -0.15) is 0 Å². The fraction of sp³-hybridized carbons (Fsp3) is 0.846. The molecule has 0 aliphatic carbocycles. The minimum atomic E-state index is -0.758. The number of aliphatic carboxylic acids is 1. The van der Waals surface area contributed by atoms with Crippen LogP contribution in [0.2, 0.25) is 0 Å². The molecule has 2 aliphatic heterocycles. The lowest BCUT2D eigenvalue weighted by molar-refractivity contribution is -0.137. The number of hydrogen-bond donors (Lipinski definition) is 2. The van der Waals surface area contributed by atoms with Gasteiger partial charge >= 0.3 is 5.97 Å². The van der Waals surface area contributed by atoms with Gasteiger partial charge in [-0.3, -0.25) is 9.59 Å². The molecule has 0 aromatic heterocycles. The Morgan fingerprint density at radius 3 is 2.95 bits per heavy atom. The summed E-state index contributed by atoms with van der Waals surface area (Å²) in [4.78, 5) is 24.5. The van der Waals surface area contributed by atoms with Crippen LogP contribution in [-0.2, 0) is 14.3 Å². The molecular weight excluding hydrogens is 248 g/mol. The largest absolute Gasteiger partial charge is 0.481 e. The summed E-state index contributed by atoms with van der Waals surface area (Å²) in [7, 11) is 0. The molecule has 2 aliphatic rings. The van der Waals surface area contributed by atoms with E-state index in [4.69, 9.17) is 9.84 Å². The number of carbonyl (C=O) groups is 2. The van der Waals surface area contributed by atoms with Crippen LogP contribution in [0.3, 0.4) is 0 Å². The van der Waals surface area contributed by atoms with E-state index in [-0.39, 0.29) is 18.4 Å². The van der Waals surface area contributed by atoms with E-state index < -0.39 is 5.97 Å². The van der Waals surface area contributed by atoms with Crippen molar-refractivity contribution in [2.45, 2.75) is 31.8 Å². The molecule has 2 fully saturated rings. The average molecular weight is 270 g/mol. The fourth-order valence-electron chi connectivity index (χ4n) is 2.70. The van der Waals surface area contributed by atoms with E-state index in [1.165, 1.54) is 0 Å². The number of rotatable bonds is 5. The third kappa shape index (κ3) is 4.47. The molecule has 1 amide bonds. The second-order valence-electron chi connectivity index (χ2n) is 5.33. The van der Waals surface area contributed by atoms with Crippen LogP contribution in [0, 0.1) is 5.92 Å². The van der Waals surface area contributed by atoms with Crippen LogP contribution in [0.1, 0.15) is 25.7 Å². The first-order chi connectivity index (χ1) is 9.15. The summed E-state index contributed by atoms with van der Waals surface area (Å²) < 4.78 is 5.53. The van der Waals surface area contributed by atoms with Gasteiger partial charge < -0.3 is 20.1 Å². The van der Waals surface area contributed by atoms with Gasteiger partial charge in [-0.15, -0.1) is 0 Å². The Balaban J connectivity index is 1.70. The van der Waals surface area contributed by atoms with Crippen LogP contribution < -0.4 is 5.32 Å². The van der Waals surface area contributed by atoms with Gasteiger partial charge in [0.1, 0.15) is 0 Å². The number of nitrogens with one attached hydrogen (secondary N) is 1. The van der Waals surface area contributed by atoms with Crippen molar-refractivity contribution in [3.63, 3.8) is 0 Å². The maximum Gasteiger partial charge on any atom is 0.303 e. The van der Waals surface area contributed by atoms with Crippen molar-refractivity contribution in [2.75, 3.05) is 32.8 Å². The lowest BCUT2D eigenvalue weighted by Gasteiger charge is -2.25. The average Bonchev–Trinajstić information content (AvgIpc) is 2.86. The number of morpholine rings is 1. The Bertz CT molecular complexity index is 329. The normalized spacial score (nSPS) is 27.5. The molecule has 2 unspecified atom stereocenters. The molecule has 19 heavy (non-hydrogen) atoms. The zero-order chi connectivity index (χ0) is 13.7. The fourth-order valence-corrected chi connectivity index (χ4v) is 2.70. The molecule has 0 aromatic carbocycles. The topological polar surface area (TPSA) is 78.9 Å². The Morgan fingerprint density at radius 1 is 1.42 bits per heavy atom. The lowest BCUT2D eigenvalue weighted by atomic mass is 10.0. The van der Waals surface area contributed by atoms with E-state index in [1.54, 1.807) is 0 Å². The Kier molecular flexibility index (Phi) is 5.15. The smallest absolute Gasteiger partial charge is 0.303 e. The van der Waals surface area contributed by atoms with E-state index in [9.17, 15) is 9.59 Å². The highest BCUT2D eigenvalue weighted by atomic mass is 16.5. The van der Waals surface area contributed by atoms with Crippen LogP contribution in [0.5, 0.6) is 0 Å². The van der Waals surface area contributed by atoms with Crippen molar-refractivity contribution in [2.24, 2.45) is 5.92 Å². The van der Waals surface area contributed by atoms with Gasteiger partial charge in [0.15, 0.2) is 0 Å². The molecule has 0 spiro atoms. The SMILES string of the molecule is O=C(O)CCC1CCN(C(=O)CC2CNCCO2)C1. The Morgan fingerprint density at radius 2 is 2.26 bits per heavy atom. The molecule has 0 saturated carbocycles. The number of likely N-dealkylation sites (tertiary alicyclic amines) is 1. The molecule has 108 valence electrons. The second kappa shape index (κ2) is 6.86. The standard InChI is InChI=1S/C13H22N2O4/c16-12(7-11-8-14-4-6-19-11)15-5-3-10(9-15)1-2-13(17)18/h10-11,14H,1-9H2,(H,17,18). The molecule has 0 aromatic rings. The van der Waals surface area contributed by atoms with Gasteiger partial charge in [0.05, 0.1) is 19.1 Å². The minimum Gasteiger partial charge on any atom is -0.481 e. The van der Waals surface area contributed by atoms with Crippen LogP contribution in [0.4, 0.5) is 0 Å². The quantitative estimate of drug-likeness (QED) is 0.739. The highest BCUT2D eigenvalue weighted by molar-refractivity contribution is 5.77. The predicted octanol–water partition coefficient (Wildman–Crippen LogP) is 0.0782. The van der Waals surface area contributed by atoms with E-state index in [2.05, 4.69) is 5.32 Å². The van der Waals surface area contributed by atoms with E-state index in [0.717, 1.165) is 26.1 Å². The predicted molar refractivity (Wildman–Crippen MR) is 68.8 cm³/mol. The maximum absolute atomic E-state index is 12.1. The molecule has 2 saturated heterocycles. The number of carboxylic acids is 1. The second-order valence-corrected chi connectivity index (χ2v) is 5.33. The van der Waals surface area contributed by atoms with Crippen LogP contribution in [0.15, 0.2) is 0 Å². The third-order valence-corrected chi connectivity index (χ3v) is 3.81. The summed E-state index contributed by atoms with van der Waals surface area (Å²) >= 11 is 0. The van der Waals surface area contributed by atoms with Crippen molar-refractivity contribution >= 4 is 11.9 Å². The maximum atomic E-state index is 12.1. The first-order valence-electron chi connectivity index (χ1n) is 6.97. The summed E-state index contributed by atoms with van der Waals surface area (Å²) in [5, 5.41) is 11.9. The third-order valence-electron chi connectivity index (χ3n) is 3.81. The van der Waals surface area contributed by atoms with E-state index in [0.29, 0.717) is 31.9 Å². The lowest BCUT2D eigenvalue weighted by Crippen LogP contribution is -2.42.